The lowest BCUT2D eigenvalue weighted by Gasteiger charge is -2.58. The van der Waals surface area contributed by atoms with Crippen molar-refractivity contribution in [2.45, 2.75) is 117 Å². The van der Waals surface area contributed by atoms with Crippen molar-refractivity contribution in [2.24, 2.45) is 11.3 Å². The van der Waals surface area contributed by atoms with Crippen LogP contribution in [0.25, 0.3) is 0 Å². The van der Waals surface area contributed by atoms with Crippen LogP contribution in [0, 0.1) is 11.3 Å². The van der Waals surface area contributed by atoms with Crippen molar-refractivity contribution < 1.29 is 37.9 Å². The smallest absolute Gasteiger partial charge is 0.482 e. The summed E-state index contributed by atoms with van der Waals surface area (Å²) in [6, 6.07) is 5.31. The van der Waals surface area contributed by atoms with Crippen molar-refractivity contribution >= 4 is 36.4 Å². The van der Waals surface area contributed by atoms with Gasteiger partial charge in [-0.05, 0) is 78.4 Å². The second-order valence-corrected chi connectivity index (χ2v) is 16.5. The highest BCUT2D eigenvalue weighted by molar-refractivity contribution is 7.09. The fourth-order valence-electron chi connectivity index (χ4n) is 6.82. The van der Waals surface area contributed by atoms with Crippen LogP contribution >= 0.6 is 11.3 Å². The minimum absolute atomic E-state index is 0.0172. The van der Waals surface area contributed by atoms with Crippen LogP contribution in [-0.4, -0.2) is 66.0 Å². The van der Waals surface area contributed by atoms with Crippen molar-refractivity contribution in [3.8, 4) is 5.75 Å². The van der Waals surface area contributed by atoms with Gasteiger partial charge in [-0.2, -0.15) is 0 Å². The van der Waals surface area contributed by atoms with Gasteiger partial charge in [-0.25, -0.2) is 14.6 Å². The Hall–Kier alpha value is -3.42. The molecule has 0 spiro atoms. The summed E-state index contributed by atoms with van der Waals surface area (Å²) in [6.45, 7) is 17.6. The molecule has 11 nitrogen and oxygen atoms in total. The molecule has 4 atom stereocenters. The molecule has 1 aromatic carbocycles. The van der Waals surface area contributed by atoms with E-state index in [1.807, 2.05) is 26.8 Å². The number of carbonyl (C=O) groups is 3. The third-order valence-corrected chi connectivity index (χ3v) is 9.96. The Bertz CT molecular complexity index is 1590. The first-order chi connectivity index (χ1) is 22.3. The lowest BCUT2D eigenvalue weighted by molar-refractivity contribution is -0.120. The maximum atomic E-state index is 13.6. The first-order valence-corrected chi connectivity index (χ1v) is 17.3. The second-order valence-electron chi connectivity index (χ2n) is 15.5. The molecule has 1 saturated heterocycles. The predicted octanol–water partition coefficient (Wildman–Crippen LogP) is 5.59. The third kappa shape index (κ3) is 7.73. The Balaban J connectivity index is 1.34. The lowest BCUT2D eigenvalue weighted by Crippen LogP contribution is -2.59. The minimum Gasteiger partial charge on any atom is -0.496 e. The van der Waals surface area contributed by atoms with Gasteiger partial charge in [0.05, 0.1) is 43.4 Å². The summed E-state index contributed by atoms with van der Waals surface area (Å²) in [4.78, 5) is 43.3. The second kappa shape index (κ2) is 13.1. The fourth-order valence-corrected chi connectivity index (χ4v) is 7.55. The van der Waals surface area contributed by atoms with E-state index in [0.29, 0.717) is 27.6 Å². The standard InChI is InChI=1S/C35H48BN3O8S/c1-32(2,3)44-30(41)23-13-11-12-20(29(23)43-10)14-26(36-46-25-16-21-15-24(34(21,7)8)35(25,9)47-36)39-27(40)17-22-19-48-28(38-22)18-37-31(42)45-33(4,5)6/h11-13,15,19,24-26H,14,16-18H2,1-10H3,(H,37,42)(H,39,40)/t24-,25+,26-,35-/m0/s1. The molecule has 2 aromatic rings. The highest BCUT2D eigenvalue weighted by atomic mass is 32.1. The molecule has 260 valence electrons. The largest absolute Gasteiger partial charge is 0.496 e. The Kier molecular flexibility index (Phi) is 9.82. The summed E-state index contributed by atoms with van der Waals surface area (Å²) >= 11 is 1.35. The summed E-state index contributed by atoms with van der Waals surface area (Å²) < 4.78 is 30.0. The number of nitrogens with zero attached hydrogens (tertiary/aromatic N) is 1. The Morgan fingerprint density at radius 3 is 2.46 bits per heavy atom. The van der Waals surface area contributed by atoms with Crippen molar-refractivity contribution in [1.82, 2.24) is 15.6 Å². The van der Waals surface area contributed by atoms with Gasteiger partial charge in [-0.3, -0.25) is 4.79 Å². The first-order valence-electron chi connectivity index (χ1n) is 16.4. The van der Waals surface area contributed by atoms with Gasteiger partial charge in [0.2, 0.25) is 5.91 Å². The number of hydrogen-bond acceptors (Lipinski definition) is 10. The van der Waals surface area contributed by atoms with E-state index in [1.165, 1.54) is 24.0 Å². The van der Waals surface area contributed by atoms with Gasteiger partial charge in [-0.15, -0.1) is 11.3 Å². The average molecular weight is 682 g/mol. The third-order valence-electron chi connectivity index (χ3n) is 9.06. The molecule has 3 aliphatic carbocycles. The molecule has 2 N–H and O–H groups in total. The summed E-state index contributed by atoms with van der Waals surface area (Å²) in [5.41, 5.74) is 1.12. The van der Waals surface area contributed by atoms with E-state index in [9.17, 15) is 14.4 Å². The van der Waals surface area contributed by atoms with E-state index < -0.39 is 41.9 Å². The number of thiazole rings is 1. The van der Waals surface area contributed by atoms with Crippen molar-refractivity contribution in [3.05, 3.63) is 57.1 Å². The van der Waals surface area contributed by atoms with Gasteiger partial charge in [0.25, 0.3) is 0 Å². The van der Waals surface area contributed by atoms with Gasteiger partial charge in [-0.1, -0.05) is 37.6 Å². The number of alkyl carbamates (subject to hydrolysis) is 1. The molecule has 48 heavy (non-hydrogen) atoms. The molecular weight excluding hydrogens is 633 g/mol. The molecule has 13 heteroatoms. The number of rotatable bonds is 10. The number of benzene rings is 1. The molecule has 0 unspecified atom stereocenters. The van der Waals surface area contributed by atoms with E-state index in [1.54, 1.807) is 38.3 Å². The van der Waals surface area contributed by atoms with Gasteiger partial charge < -0.3 is 34.2 Å². The zero-order valence-corrected chi connectivity index (χ0v) is 30.5. The van der Waals surface area contributed by atoms with Gasteiger partial charge in [0, 0.05) is 11.3 Å². The monoisotopic (exact) mass is 681 g/mol. The maximum Gasteiger partial charge on any atom is 0.482 e. The molecule has 2 bridgehead atoms. The van der Waals surface area contributed by atoms with Gasteiger partial charge >= 0.3 is 19.2 Å². The number of nitrogens with one attached hydrogen (secondary N) is 2. The van der Waals surface area contributed by atoms with E-state index in [0.717, 1.165) is 6.42 Å². The summed E-state index contributed by atoms with van der Waals surface area (Å²) in [5.74, 6) is -0.810. The molecule has 1 aliphatic heterocycles. The quantitative estimate of drug-likeness (QED) is 0.187. The number of hydrogen-bond donors (Lipinski definition) is 2. The minimum atomic E-state index is -0.744. The Morgan fingerprint density at radius 2 is 1.81 bits per heavy atom. The van der Waals surface area contributed by atoms with Crippen molar-refractivity contribution in [3.63, 3.8) is 0 Å². The van der Waals surface area contributed by atoms with Crippen LogP contribution in [0.5, 0.6) is 5.75 Å². The van der Waals surface area contributed by atoms with Crippen LogP contribution in [-0.2, 0) is 43.0 Å². The van der Waals surface area contributed by atoms with E-state index in [4.69, 9.17) is 23.5 Å². The Morgan fingerprint density at radius 1 is 1.10 bits per heavy atom. The number of esters is 1. The molecular formula is C35H48BN3O8S. The normalized spacial score (nSPS) is 23.3. The van der Waals surface area contributed by atoms with Crippen LogP contribution in [0.2, 0.25) is 0 Å². The highest BCUT2D eigenvalue weighted by Gasteiger charge is 2.65. The number of methoxy groups -OCH3 is 1. The van der Waals surface area contributed by atoms with Crippen LogP contribution < -0.4 is 15.4 Å². The molecule has 6 rings (SSSR count). The number of ether oxygens (including phenoxy) is 3. The van der Waals surface area contributed by atoms with E-state index in [2.05, 4.69) is 42.5 Å². The fraction of sp³-hybridized carbons (Fsp3) is 0.600. The molecule has 4 aliphatic rings. The van der Waals surface area contributed by atoms with Crippen LogP contribution in [0.4, 0.5) is 4.79 Å². The number of para-hydroxylation sites is 1. The number of amides is 2. The van der Waals surface area contributed by atoms with Crippen LogP contribution in [0.3, 0.4) is 0 Å². The topological polar surface area (TPSA) is 134 Å². The number of aromatic nitrogens is 1. The predicted molar refractivity (Wildman–Crippen MR) is 183 cm³/mol. The zero-order valence-electron chi connectivity index (χ0n) is 29.6. The SMILES string of the molecule is COc1c(C[C@H](NC(=O)Cc2csc(CNC(=O)OC(C)(C)C)n2)B2O[C@@H]3CC4=C[C@@H](C4(C)C)[C@]3(C)O2)cccc1C(=O)OC(C)(C)C. The van der Waals surface area contributed by atoms with E-state index >= 15 is 0 Å². The maximum absolute atomic E-state index is 13.6. The average Bonchev–Trinajstić information content (AvgIpc) is 3.56. The molecule has 2 amide bonds. The molecule has 1 aromatic heterocycles. The first kappa shape index (κ1) is 35.9. The number of carbonyl (C=O) groups excluding carboxylic acids is 3. The van der Waals surface area contributed by atoms with Crippen molar-refractivity contribution in [2.75, 3.05) is 7.11 Å². The Labute approximate surface area is 287 Å². The molecule has 0 radical (unpaired) electrons. The van der Waals surface area contributed by atoms with Gasteiger partial charge in [0.1, 0.15) is 27.5 Å². The zero-order chi connectivity index (χ0) is 35.2. The lowest BCUT2D eigenvalue weighted by atomic mass is 9.50. The molecule has 2 fully saturated rings. The summed E-state index contributed by atoms with van der Waals surface area (Å²) in [5, 5.41) is 8.30. The molecule has 1 saturated carbocycles. The van der Waals surface area contributed by atoms with Crippen molar-refractivity contribution in [1.29, 1.82) is 0 Å². The summed E-state index contributed by atoms with van der Waals surface area (Å²) in [7, 11) is 0.769. The highest BCUT2D eigenvalue weighted by Crippen LogP contribution is 2.61. The van der Waals surface area contributed by atoms with Crippen LogP contribution in [0.1, 0.15) is 95.4 Å². The summed E-state index contributed by atoms with van der Waals surface area (Å²) in [6.07, 6.45) is 2.68. The van der Waals surface area contributed by atoms with Crippen LogP contribution in [0.15, 0.2) is 35.2 Å². The van der Waals surface area contributed by atoms with E-state index in [-0.39, 0.29) is 42.7 Å². The molecule has 2 heterocycles. The van der Waals surface area contributed by atoms with Gasteiger partial charge in [0.15, 0.2) is 0 Å².